The number of ether oxygens (including phenoxy) is 1. The maximum Gasteiger partial charge on any atom is 0.260 e. The van der Waals surface area contributed by atoms with Crippen molar-refractivity contribution in [2.24, 2.45) is 0 Å². The molecule has 1 amide bonds. The van der Waals surface area contributed by atoms with Crippen LogP contribution in [-0.2, 0) is 4.79 Å². The number of hydrogen-bond donors (Lipinski definition) is 1. The lowest BCUT2D eigenvalue weighted by atomic mass is 10.3. The summed E-state index contributed by atoms with van der Waals surface area (Å²) in [5, 5.41) is 3.41. The highest BCUT2D eigenvalue weighted by Crippen LogP contribution is 2.24. The highest BCUT2D eigenvalue weighted by molar-refractivity contribution is 6.32. The van der Waals surface area contributed by atoms with Gasteiger partial charge in [-0.15, -0.1) is 0 Å². The van der Waals surface area contributed by atoms with Gasteiger partial charge in [-0.05, 0) is 31.9 Å². The quantitative estimate of drug-likeness (QED) is 0.876. The van der Waals surface area contributed by atoms with Crippen molar-refractivity contribution in [2.75, 3.05) is 0 Å². The summed E-state index contributed by atoms with van der Waals surface area (Å²) in [5.41, 5.74) is 0. The molecule has 3 nitrogen and oxygen atoms in total. The molecule has 0 saturated heterocycles. The molecular weight excluding hydrogens is 226 g/mol. The summed E-state index contributed by atoms with van der Waals surface area (Å²) < 4.78 is 5.49. The summed E-state index contributed by atoms with van der Waals surface area (Å²) >= 11 is 5.93. The zero-order valence-corrected chi connectivity index (χ0v) is 9.83. The van der Waals surface area contributed by atoms with Crippen LogP contribution >= 0.6 is 11.6 Å². The van der Waals surface area contributed by atoms with Gasteiger partial charge in [0.2, 0.25) is 0 Å². The SMILES string of the molecule is C[C@H](Oc1ccccc1Cl)C(=O)NC1CC1. The van der Waals surface area contributed by atoms with Crippen LogP contribution in [0, 0.1) is 0 Å². The maximum atomic E-state index is 11.6. The lowest BCUT2D eigenvalue weighted by Crippen LogP contribution is -2.37. The fourth-order valence-corrected chi connectivity index (χ4v) is 1.51. The Balaban J connectivity index is 1.92. The molecule has 0 aliphatic heterocycles. The lowest BCUT2D eigenvalue weighted by molar-refractivity contribution is -0.127. The molecule has 0 unspecified atom stereocenters. The van der Waals surface area contributed by atoms with Crippen molar-refractivity contribution in [3.63, 3.8) is 0 Å². The van der Waals surface area contributed by atoms with Gasteiger partial charge in [0, 0.05) is 6.04 Å². The largest absolute Gasteiger partial charge is 0.479 e. The van der Waals surface area contributed by atoms with E-state index in [9.17, 15) is 4.79 Å². The molecule has 86 valence electrons. The molecule has 1 N–H and O–H groups in total. The Morgan fingerprint density at radius 3 is 2.81 bits per heavy atom. The Labute approximate surface area is 99.7 Å². The highest BCUT2D eigenvalue weighted by Gasteiger charge is 2.26. The van der Waals surface area contributed by atoms with Gasteiger partial charge in [0.15, 0.2) is 6.10 Å². The molecule has 1 aromatic rings. The Bertz CT molecular complexity index is 390. The first-order chi connectivity index (χ1) is 7.66. The number of carbonyl (C=O) groups excluding carboxylic acids is 1. The van der Waals surface area contributed by atoms with Gasteiger partial charge in [0.25, 0.3) is 5.91 Å². The van der Waals surface area contributed by atoms with E-state index in [0.29, 0.717) is 16.8 Å². The molecular formula is C12H14ClNO2. The van der Waals surface area contributed by atoms with Crippen molar-refractivity contribution in [1.29, 1.82) is 0 Å². The van der Waals surface area contributed by atoms with Gasteiger partial charge in [-0.2, -0.15) is 0 Å². The van der Waals surface area contributed by atoms with E-state index in [2.05, 4.69) is 5.32 Å². The normalized spacial score (nSPS) is 16.6. The monoisotopic (exact) mass is 239 g/mol. The molecule has 1 aliphatic carbocycles. The van der Waals surface area contributed by atoms with E-state index < -0.39 is 6.10 Å². The zero-order valence-electron chi connectivity index (χ0n) is 9.07. The van der Waals surface area contributed by atoms with Crippen LogP contribution in [0.15, 0.2) is 24.3 Å². The molecule has 1 saturated carbocycles. The van der Waals surface area contributed by atoms with Crippen LogP contribution < -0.4 is 10.1 Å². The second-order valence-corrected chi connectivity index (χ2v) is 4.38. The fourth-order valence-electron chi connectivity index (χ4n) is 1.33. The highest BCUT2D eigenvalue weighted by atomic mass is 35.5. The second-order valence-electron chi connectivity index (χ2n) is 3.97. The molecule has 1 atom stereocenters. The number of rotatable bonds is 4. The minimum Gasteiger partial charge on any atom is -0.479 e. The minimum atomic E-state index is -0.513. The van der Waals surface area contributed by atoms with Crippen molar-refractivity contribution in [1.82, 2.24) is 5.32 Å². The lowest BCUT2D eigenvalue weighted by Gasteiger charge is -2.15. The van der Waals surface area contributed by atoms with Crippen LogP contribution in [0.4, 0.5) is 0 Å². The van der Waals surface area contributed by atoms with E-state index in [1.54, 1.807) is 19.1 Å². The molecule has 2 rings (SSSR count). The predicted octanol–water partition coefficient (Wildman–Crippen LogP) is 2.39. The van der Waals surface area contributed by atoms with Crippen molar-refractivity contribution in [3.05, 3.63) is 29.3 Å². The summed E-state index contributed by atoms with van der Waals surface area (Å²) in [4.78, 5) is 11.6. The van der Waals surface area contributed by atoms with E-state index in [-0.39, 0.29) is 5.91 Å². The van der Waals surface area contributed by atoms with E-state index in [0.717, 1.165) is 12.8 Å². The Kier molecular flexibility index (Phi) is 3.34. The van der Waals surface area contributed by atoms with Gasteiger partial charge in [0.1, 0.15) is 5.75 Å². The van der Waals surface area contributed by atoms with Gasteiger partial charge >= 0.3 is 0 Å². The zero-order chi connectivity index (χ0) is 11.5. The third-order valence-corrected chi connectivity index (χ3v) is 2.75. The summed E-state index contributed by atoms with van der Waals surface area (Å²) in [5.74, 6) is 0.463. The topological polar surface area (TPSA) is 38.3 Å². The first kappa shape index (κ1) is 11.3. The standard InChI is InChI=1S/C12H14ClNO2/c1-8(12(15)14-9-6-7-9)16-11-5-3-2-4-10(11)13/h2-5,8-9H,6-7H2,1H3,(H,14,15)/t8-/m0/s1. The van der Waals surface area contributed by atoms with Crippen LogP contribution in [0.2, 0.25) is 5.02 Å². The third-order valence-electron chi connectivity index (χ3n) is 2.43. The molecule has 1 aliphatic rings. The molecule has 0 radical (unpaired) electrons. The van der Waals surface area contributed by atoms with Crippen LogP contribution in [0.25, 0.3) is 0 Å². The molecule has 16 heavy (non-hydrogen) atoms. The number of para-hydroxylation sites is 1. The molecule has 1 aromatic carbocycles. The minimum absolute atomic E-state index is 0.0811. The number of halogens is 1. The summed E-state index contributed by atoms with van der Waals surface area (Å²) in [7, 11) is 0. The van der Waals surface area contributed by atoms with Crippen molar-refractivity contribution in [2.45, 2.75) is 31.9 Å². The number of carbonyl (C=O) groups is 1. The first-order valence-corrected chi connectivity index (χ1v) is 5.76. The maximum absolute atomic E-state index is 11.6. The number of hydrogen-bond acceptors (Lipinski definition) is 2. The fraction of sp³-hybridized carbons (Fsp3) is 0.417. The molecule has 0 bridgehead atoms. The van der Waals surface area contributed by atoms with Gasteiger partial charge in [-0.1, -0.05) is 23.7 Å². The molecule has 4 heteroatoms. The van der Waals surface area contributed by atoms with Gasteiger partial charge in [-0.25, -0.2) is 0 Å². The second kappa shape index (κ2) is 4.74. The van der Waals surface area contributed by atoms with E-state index in [1.807, 2.05) is 12.1 Å². The van der Waals surface area contributed by atoms with Crippen molar-refractivity contribution in [3.8, 4) is 5.75 Å². The molecule has 0 spiro atoms. The average molecular weight is 240 g/mol. The Morgan fingerprint density at radius 2 is 2.19 bits per heavy atom. The van der Waals surface area contributed by atoms with E-state index in [4.69, 9.17) is 16.3 Å². The van der Waals surface area contributed by atoms with Crippen molar-refractivity contribution < 1.29 is 9.53 Å². The number of amides is 1. The summed E-state index contributed by atoms with van der Waals surface area (Å²) in [6.07, 6.45) is 1.63. The Morgan fingerprint density at radius 1 is 1.50 bits per heavy atom. The van der Waals surface area contributed by atoms with Gasteiger partial charge < -0.3 is 10.1 Å². The van der Waals surface area contributed by atoms with Crippen LogP contribution in [0.1, 0.15) is 19.8 Å². The van der Waals surface area contributed by atoms with E-state index >= 15 is 0 Å². The summed E-state index contributed by atoms with van der Waals surface area (Å²) in [6.45, 7) is 1.72. The third kappa shape index (κ3) is 2.89. The van der Waals surface area contributed by atoms with Crippen LogP contribution in [0.3, 0.4) is 0 Å². The molecule has 0 aromatic heterocycles. The van der Waals surface area contributed by atoms with Crippen molar-refractivity contribution >= 4 is 17.5 Å². The average Bonchev–Trinajstić information content (AvgIpc) is 3.05. The first-order valence-electron chi connectivity index (χ1n) is 5.38. The smallest absolute Gasteiger partial charge is 0.260 e. The summed E-state index contributed by atoms with van der Waals surface area (Å²) in [6, 6.07) is 7.49. The van der Waals surface area contributed by atoms with Gasteiger partial charge in [-0.3, -0.25) is 4.79 Å². The van der Waals surface area contributed by atoms with Crippen LogP contribution in [0.5, 0.6) is 5.75 Å². The predicted molar refractivity (Wildman–Crippen MR) is 62.7 cm³/mol. The molecule has 0 heterocycles. The number of nitrogens with one attached hydrogen (secondary N) is 1. The van der Waals surface area contributed by atoms with Gasteiger partial charge in [0.05, 0.1) is 5.02 Å². The van der Waals surface area contributed by atoms with Crippen LogP contribution in [-0.4, -0.2) is 18.1 Å². The molecule has 1 fully saturated rings. The Hall–Kier alpha value is -1.22. The number of benzene rings is 1. The van der Waals surface area contributed by atoms with E-state index in [1.165, 1.54) is 0 Å².